The predicted octanol–water partition coefficient (Wildman–Crippen LogP) is 3.01. The number of carbonyl (C=O) groups is 2. The van der Waals surface area contributed by atoms with Gasteiger partial charge in [-0.05, 0) is 37.1 Å². The molecule has 0 saturated heterocycles. The van der Waals surface area contributed by atoms with Crippen LogP contribution >= 0.6 is 0 Å². The highest BCUT2D eigenvalue weighted by Gasteiger charge is 2.19. The molecule has 1 aliphatic carbocycles. The Morgan fingerprint density at radius 1 is 1.12 bits per heavy atom. The Hall–Kier alpha value is -2.89. The van der Waals surface area contributed by atoms with Gasteiger partial charge < -0.3 is 15.4 Å². The Balaban J connectivity index is 1.69. The van der Waals surface area contributed by atoms with Crippen molar-refractivity contribution in [1.82, 2.24) is 10.3 Å². The second-order valence-electron chi connectivity index (χ2n) is 6.07. The number of hydrogen-bond acceptors (Lipinski definition) is 4. The van der Waals surface area contributed by atoms with Crippen molar-refractivity contribution in [3.8, 4) is 5.75 Å². The number of hydrogen-bond donors (Lipinski definition) is 2. The van der Waals surface area contributed by atoms with Crippen LogP contribution in [0.25, 0.3) is 0 Å². The first-order valence-electron chi connectivity index (χ1n) is 8.38. The van der Waals surface area contributed by atoms with Crippen molar-refractivity contribution in [2.24, 2.45) is 0 Å². The van der Waals surface area contributed by atoms with Crippen molar-refractivity contribution >= 4 is 17.5 Å². The lowest BCUT2D eigenvalue weighted by Crippen LogP contribution is -2.33. The van der Waals surface area contributed by atoms with Gasteiger partial charge in [0.05, 0.1) is 7.11 Å². The van der Waals surface area contributed by atoms with E-state index in [1.807, 2.05) is 0 Å². The first-order valence-corrected chi connectivity index (χ1v) is 8.38. The fourth-order valence-electron chi connectivity index (χ4n) is 2.93. The highest BCUT2D eigenvalue weighted by Crippen LogP contribution is 2.19. The van der Waals surface area contributed by atoms with E-state index in [1.165, 1.54) is 12.3 Å². The number of ether oxygens (including phenoxy) is 1. The molecule has 1 fully saturated rings. The molecule has 0 radical (unpaired) electrons. The Kier molecular flexibility index (Phi) is 5.28. The van der Waals surface area contributed by atoms with Crippen molar-refractivity contribution in [3.05, 3.63) is 53.9 Å². The third-order valence-electron chi connectivity index (χ3n) is 4.27. The monoisotopic (exact) mass is 339 g/mol. The number of pyridine rings is 1. The van der Waals surface area contributed by atoms with Gasteiger partial charge in [-0.2, -0.15) is 0 Å². The van der Waals surface area contributed by atoms with E-state index in [4.69, 9.17) is 4.74 Å². The average molecular weight is 339 g/mol. The molecule has 2 amide bonds. The van der Waals surface area contributed by atoms with E-state index in [1.54, 1.807) is 37.4 Å². The SMILES string of the molecule is COc1cccc(NC(=O)c2ccnc(C(=O)NC3CCCC3)c2)c1. The number of aromatic nitrogens is 1. The van der Waals surface area contributed by atoms with Gasteiger partial charge in [0, 0.05) is 29.6 Å². The minimum Gasteiger partial charge on any atom is -0.497 e. The van der Waals surface area contributed by atoms with Crippen LogP contribution in [0.2, 0.25) is 0 Å². The van der Waals surface area contributed by atoms with E-state index < -0.39 is 0 Å². The van der Waals surface area contributed by atoms with Crippen molar-refractivity contribution in [2.75, 3.05) is 12.4 Å². The number of carbonyl (C=O) groups excluding carboxylic acids is 2. The highest BCUT2D eigenvalue weighted by molar-refractivity contribution is 6.05. The average Bonchev–Trinajstić information content (AvgIpc) is 3.15. The Labute approximate surface area is 146 Å². The van der Waals surface area contributed by atoms with E-state index in [-0.39, 0.29) is 23.6 Å². The number of amides is 2. The van der Waals surface area contributed by atoms with Gasteiger partial charge in [0.2, 0.25) is 0 Å². The molecular formula is C19H21N3O3. The molecule has 0 aliphatic heterocycles. The van der Waals surface area contributed by atoms with E-state index in [2.05, 4.69) is 15.6 Å². The number of anilines is 1. The molecule has 6 nitrogen and oxygen atoms in total. The summed E-state index contributed by atoms with van der Waals surface area (Å²) in [6.45, 7) is 0. The summed E-state index contributed by atoms with van der Waals surface area (Å²) in [5, 5.41) is 5.77. The first-order chi connectivity index (χ1) is 12.2. The van der Waals surface area contributed by atoms with Crippen LogP contribution in [0.15, 0.2) is 42.6 Å². The van der Waals surface area contributed by atoms with Gasteiger partial charge in [-0.1, -0.05) is 18.9 Å². The van der Waals surface area contributed by atoms with Gasteiger partial charge in [0.25, 0.3) is 11.8 Å². The van der Waals surface area contributed by atoms with E-state index in [0.29, 0.717) is 17.0 Å². The molecule has 1 aromatic carbocycles. The zero-order chi connectivity index (χ0) is 17.6. The number of nitrogens with one attached hydrogen (secondary N) is 2. The molecule has 1 saturated carbocycles. The fourth-order valence-corrected chi connectivity index (χ4v) is 2.93. The predicted molar refractivity (Wildman–Crippen MR) is 94.9 cm³/mol. The van der Waals surface area contributed by atoms with Crippen LogP contribution in [0, 0.1) is 0 Å². The van der Waals surface area contributed by atoms with Gasteiger partial charge in [-0.15, -0.1) is 0 Å². The van der Waals surface area contributed by atoms with E-state index in [0.717, 1.165) is 25.7 Å². The molecule has 2 aromatic rings. The van der Waals surface area contributed by atoms with Gasteiger partial charge in [-0.3, -0.25) is 14.6 Å². The molecule has 0 spiro atoms. The van der Waals surface area contributed by atoms with Crippen LogP contribution in [0.3, 0.4) is 0 Å². The highest BCUT2D eigenvalue weighted by atomic mass is 16.5. The molecule has 0 unspecified atom stereocenters. The summed E-state index contributed by atoms with van der Waals surface area (Å²) < 4.78 is 5.14. The molecule has 0 bridgehead atoms. The molecule has 2 N–H and O–H groups in total. The molecule has 25 heavy (non-hydrogen) atoms. The molecular weight excluding hydrogens is 318 g/mol. The minimum atomic E-state index is -0.300. The number of rotatable bonds is 5. The van der Waals surface area contributed by atoms with Gasteiger partial charge >= 0.3 is 0 Å². The third kappa shape index (κ3) is 4.35. The summed E-state index contributed by atoms with van der Waals surface area (Å²) in [6, 6.07) is 10.4. The third-order valence-corrected chi connectivity index (χ3v) is 4.27. The zero-order valence-corrected chi connectivity index (χ0v) is 14.1. The summed E-state index contributed by atoms with van der Waals surface area (Å²) in [5.41, 5.74) is 1.26. The molecule has 1 heterocycles. The van der Waals surface area contributed by atoms with Gasteiger partial charge in [-0.25, -0.2) is 0 Å². The topological polar surface area (TPSA) is 80.3 Å². The molecule has 1 aliphatic rings. The Morgan fingerprint density at radius 3 is 2.68 bits per heavy atom. The van der Waals surface area contributed by atoms with Gasteiger partial charge in [0.1, 0.15) is 11.4 Å². The maximum absolute atomic E-state index is 12.4. The maximum Gasteiger partial charge on any atom is 0.270 e. The summed E-state index contributed by atoms with van der Waals surface area (Å²) in [7, 11) is 1.57. The van der Waals surface area contributed by atoms with Crippen molar-refractivity contribution in [2.45, 2.75) is 31.7 Å². The first kappa shape index (κ1) is 17.0. The molecule has 3 rings (SSSR count). The molecule has 130 valence electrons. The lowest BCUT2D eigenvalue weighted by molar-refractivity contribution is 0.0933. The molecule has 6 heteroatoms. The number of methoxy groups -OCH3 is 1. The molecule has 1 aromatic heterocycles. The van der Waals surface area contributed by atoms with Crippen LogP contribution in [0.1, 0.15) is 46.5 Å². The number of benzene rings is 1. The number of nitrogens with zero attached hydrogens (tertiary/aromatic N) is 1. The van der Waals surface area contributed by atoms with Crippen LogP contribution in [0.4, 0.5) is 5.69 Å². The summed E-state index contributed by atoms with van der Waals surface area (Å²) in [5.74, 6) is 0.123. The fraction of sp³-hybridized carbons (Fsp3) is 0.316. The lowest BCUT2D eigenvalue weighted by atomic mass is 10.2. The van der Waals surface area contributed by atoms with E-state index >= 15 is 0 Å². The van der Waals surface area contributed by atoms with Crippen LogP contribution in [-0.2, 0) is 0 Å². The summed E-state index contributed by atoms with van der Waals surface area (Å²) >= 11 is 0. The minimum absolute atomic E-state index is 0.212. The standard InChI is InChI=1S/C19H21N3O3/c1-25-16-8-4-7-15(12-16)22-18(23)13-9-10-20-17(11-13)19(24)21-14-5-2-3-6-14/h4,7-12,14H,2-3,5-6H2,1H3,(H,21,24)(H,22,23). The van der Waals surface area contributed by atoms with Crippen molar-refractivity contribution < 1.29 is 14.3 Å². The Morgan fingerprint density at radius 2 is 1.92 bits per heavy atom. The van der Waals surface area contributed by atoms with Crippen LogP contribution in [0.5, 0.6) is 5.75 Å². The normalized spacial score (nSPS) is 14.1. The summed E-state index contributed by atoms with van der Waals surface area (Å²) in [6.07, 6.45) is 5.76. The van der Waals surface area contributed by atoms with Crippen molar-refractivity contribution in [1.29, 1.82) is 0 Å². The summed E-state index contributed by atoms with van der Waals surface area (Å²) in [4.78, 5) is 28.8. The van der Waals surface area contributed by atoms with Crippen LogP contribution in [-0.4, -0.2) is 29.9 Å². The van der Waals surface area contributed by atoms with E-state index in [9.17, 15) is 9.59 Å². The Bertz CT molecular complexity index is 770. The second kappa shape index (κ2) is 7.79. The molecule has 0 atom stereocenters. The van der Waals surface area contributed by atoms with Crippen LogP contribution < -0.4 is 15.4 Å². The largest absolute Gasteiger partial charge is 0.497 e. The maximum atomic E-state index is 12.4. The quantitative estimate of drug-likeness (QED) is 0.877. The zero-order valence-electron chi connectivity index (χ0n) is 14.1. The smallest absolute Gasteiger partial charge is 0.270 e. The van der Waals surface area contributed by atoms with Gasteiger partial charge in [0.15, 0.2) is 0 Å². The van der Waals surface area contributed by atoms with Crippen molar-refractivity contribution in [3.63, 3.8) is 0 Å². The second-order valence-corrected chi connectivity index (χ2v) is 6.07. The lowest BCUT2D eigenvalue weighted by Gasteiger charge is -2.12.